The topological polar surface area (TPSA) is 81.2 Å². The van der Waals surface area contributed by atoms with Gasteiger partial charge in [0.15, 0.2) is 0 Å². The molecule has 2 fully saturated rings. The predicted molar refractivity (Wildman–Crippen MR) is 271 cm³/mol. The van der Waals surface area contributed by atoms with E-state index in [0.29, 0.717) is 29.7 Å². The van der Waals surface area contributed by atoms with Crippen LogP contribution < -0.4 is 16.0 Å². The summed E-state index contributed by atoms with van der Waals surface area (Å²) in [6, 6.07) is 22.3. The first-order valence-electron chi connectivity index (χ1n) is 25.4. The summed E-state index contributed by atoms with van der Waals surface area (Å²) < 4.78 is 6.81. The maximum absolute atomic E-state index is 10.1. The molecular formula is C60H65N5O2. The monoisotopic (exact) mass is 888 g/mol. The second-order valence-corrected chi connectivity index (χ2v) is 20.6. The summed E-state index contributed by atoms with van der Waals surface area (Å²) in [6.45, 7) is 5.32. The molecule has 6 aliphatic carbocycles. The van der Waals surface area contributed by atoms with Crippen LogP contribution in [-0.2, 0) is 4.74 Å². The number of aliphatic imine (C=N–C) groups is 1. The van der Waals surface area contributed by atoms with Gasteiger partial charge in [0.1, 0.15) is 35.3 Å². The Balaban J connectivity index is 1.05. The van der Waals surface area contributed by atoms with Crippen LogP contribution in [0.2, 0.25) is 0 Å². The van der Waals surface area contributed by atoms with Gasteiger partial charge in [0.25, 0.3) is 0 Å². The maximum atomic E-state index is 10.1. The van der Waals surface area contributed by atoms with Crippen molar-refractivity contribution in [3.8, 4) is 0 Å². The number of hydrogen-bond donors (Lipinski definition) is 4. The number of amidine groups is 1. The van der Waals surface area contributed by atoms with Crippen LogP contribution in [0.4, 0.5) is 0 Å². The normalized spacial score (nSPS) is 33.3. The van der Waals surface area contributed by atoms with E-state index >= 15 is 0 Å². The Morgan fingerprint density at radius 1 is 0.881 bits per heavy atom. The lowest BCUT2D eigenvalue weighted by molar-refractivity contribution is 0.176. The van der Waals surface area contributed by atoms with Crippen molar-refractivity contribution in [2.24, 2.45) is 34.6 Å². The molecule has 10 aliphatic rings. The molecule has 0 aromatic heterocycles. The first-order valence-corrected chi connectivity index (χ1v) is 25.4. The zero-order valence-corrected chi connectivity index (χ0v) is 39.1. The maximum Gasteiger partial charge on any atom is 0.135 e. The Morgan fingerprint density at radius 2 is 1.73 bits per heavy atom. The van der Waals surface area contributed by atoms with Gasteiger partial charge in [0.05, 0.1) is 11.6 Å². The van der Waals surface area contributed by atoms with Gasteiger partial charge >= 0.3 is 0 Å². The molecule has 0 amide bonds. The van der Waals surface area contributed by atoms with Gasteiger partial charge in [-0.05, 0) is 116 Å². The molecule has 4 heterocycles. The second-order valence-electron chi connectivity index (χ2n) is 20.6. The SMILES string of the molecule is CC(CO)C1=CC=C(C2(C)NC(C3=C(N4C5C=C6OC7CC=CC=C7C6=CC5C5C=CCCC54)NCC(C4=C(c5ccccc5)C=CCC4C4C=CCCC4)=C3)=NC(c3ccccc3)N2)CC1. The summed E-state index contributed by atoms with van der Waals surface area (Å²) in [5.41, 5.74) is 12.3. The molecule has 0 saturated carbocycles. The third-order valence-corrected chi connectivity index (χ3v) is 16.6. The van der Waals surface area contributed by atoms with E-state index in [1.807, 2.05) is 0 Å². The minimum absolute atomic E-state index is 0.0943. The molecule has 10 atom stereocenters. The average molecular weight is 888 g/mol. The number of fused-ring (bicyclic) bond motifs is 6. The molecule has 2 aromatic carbocycles. The molecule has 12 rings (SSSR count). The molecule has 7 heteroatoms. The van der Waals surface area contributed by atoms with E-state index < -0.39 is 5.66 Å². The van der Waals surface area contributed by atoms with Crippen LogP contribution >= 0.6 is 0 Å². The number of hydrogen-bond acceptors (Lipinski definition) is 7. The van der Waals surface area contributed by atoms with E-state index in [9.17, 15) is 5.11 Å². The molecule has 2 aromatic rings. The highest BCUT2D eigenvalue weighted by atomic mass is 16.5. The van der Waals surface area contributed by atoms with E-state index in [0.717, 1.165) is 73.6 Å². The van der Waals surface area contributed by atoms with Crippen LogP contribution in [0.5, 0.6) is 0 Å². The molecule has 4 N–H and O–H groups in total. The van der Waals surface area contributed by atoms with Crippen molar-refractivity contribution in [3.05, 3.63) is 207 Å². The zero-order chi connectivity index (χ0) is 45.1. The van der Waals surface area contributed by atoms with Crippen molar-refractivity contribution in [2.45, 2.75) is 102 Å². The number of aliphatic hydroxyl groups excluding tert-OH is 1. The second kappa shape index (κ2) is 17.6. The highest BCUT2D eigenvalue weighted by Crippen LogP contribution is 2.52. The molecule has 2 saturated heterocycles. The van der Waals surface area contributed by atoms with Crippen LogP contribution in [0, 0.1) is 29.6 Å². The third-order valence-electron chi connectivity index (χ3n) is 16.6. The fourth-order valence-corrected chi connectivity index (χ4v) is 13.1. The first-order chi connectivity index (χ1) is 32.9. The van der Waals surface area contributed by atoms with Crippen LogP contribution in [0.1, 0.15) is 88.9 Å². The Morgan fingerprint density at radius 3 is 2.54 bits per heavy atom. The average Bonchev–Trinajstić information content (AvgIpc) is 3.92. The van der Waals surface area contributed by atoms with Crippen LogP contribution in [0.15, 0.2) is 201 Å². The van der Waals surface area contributed by atoms with Crippen LogP contribution in [-0.4, -0.2) is 52.8 Å². The molecule has 7 nitrogen and oxygen atoms in total. The van der Waals surface area contributed by atoms with Crippen molar-refractivity contribution >= 4 is 11.4 Å². The minimum atomic E-state index is -0.604. The summed E-state index contributed by atoms with van der Waals surface area (Å²) in [5, 5.41) is 22.5. The molecule has 0 radical (unpaired) electrons. The molecule has 4 aliphatic heterocycles. The van der Waals surface area contributed by atoms with Crippen molar-refractivity contribution in [3.63, 3.8) is 0 Å². The number of rotatable bonds is 9. The van der Waals surface area contributed by atoms with E-state index in [2.05, 4.69) is 180 Å². The van der Waals surface area contributed by atoms with Gasteiger partial charge in [0, 0.05) is 54.5 Å². The van der Waals surface area contributed by atoms with Crippen LogP contribution in [0.3, 0.4) is 0 Å². The van der Waals surface area contributed by atoms with Gasteiger partial charge in [-0.15, -0.1) is 0 Å². The van der Waals surface area contributed by atoms with Gasteiger partial charge in [-0.25, -0.2) is 4.99 Å². The fourth-order valence-electron chi connectivity index (χ4n) is 13.1. The van der Waals surface area contributed by atoms with Crippen molar-refractivity contribution in [1.82, 2.24) is 20.9 Å². The van der Waals surface area contributed by atoms with Gasteiger partial charge in [-0.2, -0.15) is 0 Å². The third kappa shape index (κ3) is 7.63. The number of ether oxygens (including phenoxy) is 1. The van der Waals surface area contributed by atoms with E-state index in [4.69, 9.17) is 9.73 Å². The van der Waals surface area contributed by atoms with Crippen molar-refractivity contribution in [1.29, 1.82) is 0 Å². The molecular weight excluding hydrogens is 823 g/mol. The standard InChI is InChI=1S/C60H65N5O2/c1-38(37-66)39-29-31-44(32-30-39)60(2)63-57(42-21-10-5-11-22-42)62-58(64-60)51-33-43(56-45(40-17-6-3-7-18-40)25-16-26-46(56)41-19-8-4-9-20-41)36-61-59(51)65-52-27-14-12-23-47(52)49-34-50-48-24-13-15-28-54(48)67-55(50)35-53(49)65/h3,5-8,10-13,15-19,21-25,29,31,33-35,38,41,46-47,49,52-54,57,61,63,66H,4,9,14,20,26-28,30,32,36-37H2,1-2H3,(H,62,64). The lowest BCUT2D eigenvalue weighted by atomic mass is 9.71. The summed E-state index contributed by atoms with van der Waals surface area (Å²) in [5.74, 6) is 4.79. The number of benzene rings is 2. The molecule has 67 heavy (non-hydrogen) atoms. The number of aliphatic hydroxyl groups is 1. The lowest BCUT2D eigenvalue weighted by Crippen LogP contribution is -2.62. The first kappa shape index (κ1) is 42.5. The molecule has 0 bridgehead atoms. The van der Waals surface area contributed by atoms with Crippen LogP contribution in [0.25, 0.3) is 5.57 Å². The fraction of sp³-hybridized carbons (Fsp3) is 0.383. The Labute approximate surface area is 397 Å². The largest absolute Gasteiger partial charge is 0.485 e. The predicted octanol–water partition coefficient (Wildman–Crippen LogP) is 11.1. The highest BCUT2D eigenvalue weighted by Gasteiger charge is 2.52. The van der Waals surface area contributed by atoms with Crippen molar-refractivity contribution in [2.75, 3.05) is 13.2 Å². The number of likely N-dealkylation sites (tertiary alicyclic amines) is 1. The number of nitrogens with zero attached hydrogens (tertiary/aromatic N) is 2. The lowest BCUT2D eigenvalue weighted by Gasteiger charge is -2.45. The summed E-state index contributed by atoms with van der Waals surface area (Å²) >= 11 is 0. The number of dihydropyridines is 1. The van der Waals surface area contributed by atoms with Gasteiger partial charge in [0.2, 0.25) is 0 Å². The van der Waals surface area contributed by atoms with Crippen molar-refractivity contribution < 1.29 is 9.84 Å². The Hall–Kier alpha value is -5.89. The van der Waals surface area contributed by atoms with Gasteiger partial charge < -0.3 is 25.4 Å². The minimum Gasteiger partial charge on any atom is -0.485 e. The Kier molecular flexibility index (Phi) is 11.2. The summed E-state index contributed by atoms with van der Waals surface area (Å²) in [7, 11) is 0. The number of nitrogens with one attached hydrogen (secondary N) is 3. The quantitative estimate of drug-likeness (QED) is 0.188. The number of allylic oxidation sites excluding steroid dienone is 11. The van der Waals surface area contributed by atoms with E-state index in [-0.39, 0.29) is 30.8 Å². The van der Waals surface area contributed by atoms with Gasteiger partial charge in [-0.1, -0.05) is 146 Å². The highest BCUT2D eigenvalue weighted by molar-refractivity contribution is 6.03. The molecule has 10 unspecified atom stereocenters. The smallest absolute Gasteiger partial charge is 0.135 e. The molecule has 342 valence electrons. The Bertz CT molecular complexity index is 2720. The summed E-state index contributed by atoms with van der Waals surface area (Å²) in [6.07, 6.45) is 42.9. The van der Waals surface area contributed by atoms with E-state index in [1.165, 1.54) is 63.8 Å². The summed E-state index contributed by atoms with van der Waals surface area (Å²) in [4.78, 5) is 8.51. The molecule has 0 spiro atoms. The van der Waals surface area contributed by atoms with E-state index in [1.54, 1.807) is 0 Å². The zero-order valence-electron chi connectivity index (χ0n) is 39.1. The van der Waals surface area contributed by atoms with Gasteiger partial charge in [-0.3, -0.25) is 5.32 Å².